The van der Waals surface area contributed by atoms with Crippen molar-refractivity contribution in [2.24, 2.45) is 5.73 Å². The summed E-state index contributed by atoms with van der Waals surface area (Å²) < 4.78 is 0. The molecule has 0 unspecified atom stereocenters. The molecular weight excluding hydrogens is 216 g/mol. The molecule has 0 aromatic heterocycles. The number of nitrogens with one attached hydrogen (secondary N) is 2. The standard InChI is InChI=1S/C12H18N4O/c1-4-15-12(17)16(11(13)14)10-8(2)6-5-7-9(10)3/h5-7H,4H2,1-3H3,(H3,13,14)(H,15,17). The number of aryl methyl sites for hydroxylation is 2. The first-order valence-electron chi connectivity index (χ1n) is 5.47. The number of carbonyl (C=O) groups is 1. The lowest BCUT2D eigenvalue weighted by Crippen LogP contribution is -2.47. The van der Waals surface area contributed by atoms with E-state index >= 15 is 0 Å². The molecule has 0 atom stereocenters. The molecule has 0 radical (unpaired) electrons. The number of anilines is 1. The fourth-order valence-electron chi connectivity index (χ4n) is 1.72. The molecule has 0 saturated heterocycles. The fraction of sp³-hybridized carbons (Fsp3) is 0.333. The van der Waals surface area contributed by atoms with Gasteiger partial charge in [0.05, 0.1) is 5.69 Å². The lowest BCUT2D eigenvalue weighted by atomic mass is 10.1. The van der Waals surface area contributed by atoms with E-state index in [4.69, 9.17) is 11.1 Å². The van der Waals surface area contributed by atoms with Crippen molar-refractivity contribution in [1.82, 2.24) is 5.32 Å². The Hall–Kier alpha value is -2.04. The van der Waals surface area contributed by atoms with Gasteiger partial charge in [0.1, 0.15) is 0 Å². The van der Waals surface area contributed by atoms with Crippen molar-refractivity contribution in [2.45, 2.75) is 20.8 Å². The summed E-state index contributed by atoms with van der Waals surface area (Å²) in [7, 11) is 0. The molecule has 1 aromatic carbocycles. The van der Waals surface area contributed by atoms with Crippen LogP contribution in [-0.2, 0) is 0 Å². The monoisotopic (exact) mass is 234 g/mol. The number of amides is 2. The van der Waals surface area contributed by atoms with Crippen molar-refractivity contribution in [3.05, 3.63) is 29.3 Å². The molecule has 1 rings (SSSR count). The Morgan fingerprint density at radius 3 is 2.35 bits per heavy atom. The van der Waals surface area contributed by atoms with Crippen LogP contribution in [0.25, 0.3) is 0 Å². The molecule has 0 heterocycles. The summed E-state index contributed by atoms with van der Waals surface area (Å²) in [6.45, 7) is 6.09. The largest absolute Gasteiger partial charge is 0.369 e. The van der Waals surface area contributed by atoms with Crippen LogP contribution >= 0.6 is 0 Å². The predicted octanol–water partition coefficient (Wildman–Crippen LogP) is 1.73. The Morgan fingerprint density at radius 1 is 1.41 bits per heavy atom. The van der Waals surface area contributed by atoms with Crippen molar-refractivity contribution in [1.29, 1.82) is 5.41 Å². The maximum Gasteiger partial charge on any atom is 0.328 e. The number of nitrogens with two attached hydrogens (primary N) is 1. The average Bonchev–Trinajstić information content (AvgIpc) is 2.23. The number of benzene rings is 1. The van der Waals surface area contributed by atoms with Gasteiger partial charge in [0.2, 0.25) is 5.96 Å². The third kappa shape index (κ3) is 2.75. The number of hydrogen-bond acceptors (Lipinski definition) is 2. The summed E-state index contributed by atoms with van der Waals surface area (Å²) in [5.41, 5.74) is 7.98. The van der Waals surface area contributed by atoms with Gasteiger partial charge in [0.15, 0.2) is 0 Å². The number of nitrogens with zero attached hydrogens (tertiary/aromatic N) is 1. The van der Waals surface area contributed by atoms with Crippen LogP contribution in [0.2, 0.25) is 0 Å². The summed E-state index contributed by atoms with van der Waals surface area (Å²) in [5, 5.41) is 10.2. The van der Waals surface area contributed by atoms with Crippen LogP contribution in [0.5, 0.6) is 0 Å². The summed E-state index contributed by atoms with van der Waals surface area (Å²) in [6, 6.07) is 5.30. The second-order valence-corrected chi connectivity index (χ2v) is 3.80. The Morgan fingerprint density at radius 2 is 1.94 bits per heavy atom. The molecule has 0 bridgehead atoms. The first-order chi connectivity index (χ1) is 7.99. The minimum Gasteiger partial charge on any atom is -0.369 e. The Labute approximate surface area is 101 Å². The Balaban J connectivity index is 3.23. The molecule has 4 N–H and O–H groups in total. The van der Waals surface area contributed by atoms with Gasteiger partial charge in [-0.3, -0.25) is 5.41 Å². The zero-order valence-corrected chi connectivity index (χ0v) is 10.4. The molecule has 2 amide bonds. The van der Waals surface area contributed by atoms with E-state index in [0.717, 1.165) is 11.1 Å². The van der Waals surface area contributed by atoms with Crippen LogP contribution in [-0.4, -0.2) is 18.5 Å². The predicted molar refractivity (Wildman–Crippen MR) is 69.4 cm³/mol. The van der Waals surface area contributed by atoms with Crippen molar-refractivity contribution < 1.29 is 4.79 Å². The number of para-hydroxylation sites is 1. The number of guanidine groups is 1. The first kappa shape index (κ1) is 13.0. The molecule has 5 heteroatoms. The normalized spacial score (nSPS) is 9.82. The summed E-state index contributed by atoms with van der Waals surface area (Å²) in [6.07, 6.45) is 0. The molecule has 0 fully saturated rings. The lowest BCUT2D eigenvalue weighted by Gasteiger charge is -2.24. The maximum atomic E-state index is 11.9. The fourth-order valence-corrected chi connectivity index (χ4v) is 1.72. The van der Waals surface area contributed by atoms with Crippen LogP contribution in [0.4, 0.5) is 10.5 Å². The highest BCUT2D eigenvalue weighted by atomic mass is 16.2. The van der Waals surface area contributed by atoms with Gasteiger partial charge in [0.25, 0.3) is 0 Å². The molecule has 92 valence electrons. The second-order valence-electron chi connectivity index (χ2n) is 3.80. The molecular formula is C12H18N4O. The van der Waals surface area contributed by atoms with E-state index in [0.29, 0.717) is 12.2 Å². The topological polar surface area (TPSA) is 82.2 Å². The lowest BCUT2D eigenvalue weighted by molar-refractivity contribution is 0.249. The Bertz CT molecular complexity index is 422. The third-order valence-corrected chi connectivity index (χ3v) is 2.44. The van der Waals surface area contributed by atoms with Crippen LogP contribution in [0.15, 0.2) is 18.2 Å². The zero-order chi connectivity index (χ0) is 13.0. The average molecular weight is 234 g/mol. The van der Waals surface area contributed by atoms with Crippen molar-refractivity contribution in [2.75, 3.05) is 11.4 Å². The molecule has 0 aliphatic rings. The van der Waals surface area contributed by atoms with Gasteiger partial charge < -0.3 is 11.1 Å². The molecule has 0 saturated carbocycles. The van der Waals surface area contributed by atoms with E-state index in [1.54, 1.807) is 0 Å². The highest BCUT2D eigenvalue weighted by molar-refractivity contribution is 6.14. The number of rotatable bonds is 2. The molecule has 5 nitrogen and oxygen atoms in total. The summed E-state index contributed by atoms with van der Waals surface area (Å²) in [5.74, 6) is -0.284. The maximum absolute atomic E-state index is 11.9. The van der Waals surface area contributed by atoms with Gasteiger partial charge in [-0.15, -0.1) is 0 Å². The smallest absolute Gasteiger partial charge is 0.328 e. The number of hydrogen-bond donors (Lipinski definition) is 3. The third-order valence-electron chi connectivity index (χ3n) is 2.44. The second kappa shape index (κ2) is 5.34. The molecule has 0 spiro atoms. The van der Waals surface area contributed by atoms with E-state index in [1.807, 2.05) is 39.0 Å². The highest BCUT2D eigenvalue weighted by Crippen LogP contribution is 2.24. The van der Waals surface area contributed by atoms with Crippen LogP contribution in [0.1, 0.15) is 18.1 Å². The molecule has 0 aliphatic carbocycles. The minimum atomic E-state index is -0.377. The van der Waals surface area contributed by atoms with Crippen LogP contribution in [0.3, 0.4) is 0 Å². The zero-order valence-electron chi connectivity index (χ0n) is 10.4. The highest BCUT2D eigenvalue weighted by Gasteiger charge is 2.21. The van der Waals surface area contributed by atoms with E-state index in [2.05, 4.69) is 5.32 Å². The van der Waals surface area contributed by atoms with Gasteiger partial charge >= 0.3 is 6.03 Å². The van der Waals surface area contributed by atoms with Gasteiger partial charge in [-0.1, -0.05) is 18.2 Å². The van der Waals surface area contributed by atoms with E-state index in [1.165, 1.54) is 4.90 Å². The molecule has 1 aromatic rings. The van der Waals surface area contributed by atoms with Gasteiger partial charge in [-0.05, 0) is 31.9 Å². The van der Waals surface area contributed by atoms with E-state index in [9.17, 15) is 4.79 Å². The van der Waals surface area contributed by atoms with E-state index < -0.39 is 0 Å². The van der Waals surface area contributed by atoms with E-state index in [-0.39, 0.29) is 12.0 Å². The quantitative estimate of drug-likeness (QED) is 0.538. The Kier molecular flexibility index (Phi) is 4.09. The number of carbonyl (C=O) groups excluding carboxylic acids is 1. The van der Waals surface area contributed by atoms with Gasteiger partial charge in [-0.2, -0.15) is 0 Å². The van der Waals surface area contributed by atoms with Crippen molar-refractivity contribution in [3.63, 3.8) is 0 Å². The summed E-state index contributed by atoms with van der Waals surface area (Å²) >= 11 is 0. The first-order valence-corrected chi connectivity index (χ1v) is 5.47. The van der Waals surface area contributed by atoms with Crippen molar-refractivity contribution >= 4 is 17.7 Å². The molecule has 0 aliphatic heterocycles. The summed E-state index contributed by atoms with van der Waals surface area (Å²) in [4.78, 5) is 13.1. The SMILES string of the molecule is CCNC(=O)N(C(=N)N)c1c(C)cccc1C. The van der Waals surface area contributed by atoms with Crippen molar-refractivity contribution in [3.8, 4) is 0 Å². The van der Waals surface area contributed by atoms with Crippen LogP contribution in [0, 0.1) is 19.3 Å². The van der Waals surface area contributed by atoms with Crippen LogP contribution < -0.4 is 16.0 Å². The number of urea groups is 1. The minimum absolute atomic E-state index is 0.284. The van der Waals surface area contributed by atoms with Gasteiger partial charge in [-0.25, -0.2) is 9.69 Å². The van der Waals surface area contributed by atoms with Gasteiger partial charge in [0, 0.05) is 6.54 Å². The molecule has 17 heavy (non-hydrogen) atoms.